The minimum absolute atomic E-state index is 0. The molecule has 0 atom stereocenters. The number of benzene rings is 1. The number of amides is 1. The van der Waals surface area contributed by atoms with E-state index < -0.39 is 28.5 Å². The summed E-state index contributed by atoms with van der Waals surface area (Å²) in [6, 6.07) is 5.62. The largest absolute Gasteiger partial charge is 0.491 e. The zero-order valence-corrected chi connectivity index (χ0v) is 30.3. The Balaban J connectivity index is 0.000000665. The van der Waals surface area contributed by atoms with Gasteiger partial charge in [0, 0.05) is 43.8 Å². The summed E-state index contributed by atoms with van der Waals surface area (Å²) in [6.07, 6.45) is 5.11. The van der Waals surface area contributed by atoms with Crippen molar-refractivity contribution in [1.29, 1.82) is 0 Å². The molecule has 258 valence electrons. The molecule has 0 aliphatic carbocycles. The van der Waals surface area contributed by atoms with Crippen molar-refractivity contribution in [2.45, 2.75) is 78.1 Å². The average Bonchev–Trinajstić information content (AvgIpc) is 3.65. The van der Waals surface area contributed by atoms with Crippen molar-refractivity contribution in [1.82, 2.24) is 24.2 Å². The number of thiophene rings is 1. The van der Waals surface area contributed by atoms with E-state index >= 15 is 0 Å². The minimum Gasteiger partial charge on any atom is -0.491 e. The number of halogens is 2. The zero-order valence-electron chi connectivity index (χ0n) is 27.2. The molecular weight excluding hydrogens is 744 g/mol. The Morgan fingerprint density at radius 2 is 1.96 bits per heavy atom. The molecule has 1 amide bonds. The van der Waals surface area contributed by atoms with Gasteiger partial charge in [0.1, 0.15) is 33.5 Å². The lowest BCUT2D eigenvalue weighted by molar-refractivity contribution is -0.129. The second-order valence-corrected chi connectivity index (χ2v) is 12.8. The summed E-state index contributed by atoms with van der Waals surface area (Å²) in [6.45, 7) is 9.83. The van der Waals surface area contributed by atoms with Crippen LogP contribution in [0, 0.1) is 12.7 Å². The molecule has 0 spiro atoms. The maximum atomic E-state index is 14.1. The molecule has 1 aliphatic heterocycles. The number of rotatable bonds is 10. The number of fused-ring (bicyclic) bond motifs is 1. The molecule has 47 heavy (non-hydrogen) atoms. The standard InChI is InChI=1S/C27H32FN5O5S.C5H10O2.HI/c1-16(2)30-25(36)27(4,5)33-22(35)21-17(3)23(32-11-6-10-29-32)39-24(21)31(26(33)37)12-9-18-15-19(28)7-8-20(18)38-14-13-34;6-5-1-3-7-4-2-5;/h6-8,10-11,15-16,34H,9,12-14H2,1-5H3,(H,30,36);5-6H,1-4H2;1H. The molecule has 12 nitrogen and oxygen atoms in total. The summed E-state index contributed by atoms with van der Waals surface area (Å²) < 4.78 is 28.8. The highest BCUT2D eigenvalue weighted by molar-refractivity contribution is 14.0. The van der Waals surface area contributed by atoms with E-state index in [0.717, 1.165) is 30.6 Å². The summed E-state index contributed by atoms with van der Waals surface area (Å²) in [7, 11) is 0. The summed E-state index contributed by atoms with van der Waals surface area (Å²) in [4.78, 5) is 41.5. The Kier molecular flexibility index (Phi) is 13.7. The average molecular weight is 788 g/mol. The van der Waals surface area contributed by atoms with E-state index in [-0.39, 0.29) is 62.3 Å². The van der Waals surface area contributed by atoms with E-state index in [9.17, 15) is 18.8 Å². The van der Waals surface area contributed by atoms with E-state index in [4.69, 9.17) is 19.7 Å². The monoisotopic (exact) mass is 787 g/mol. The third-order valence-electron chi connectivity index (χ3n) is 7.60. The number of aryl methyl sites for hydroxylation is 3. The number of hydrogen-bond donors (Lipinski definition) is 3. The van der Waals surface area contributed by atoms with Crippen molar-refractivity contribution in [2.24, 2.45) is 0 Å². The molecule has 4 heterocycles. The second kappa shape index (κ2) is 16.8. The van der Waals surface area contributed by atoms with Crippen molar-refractivity contribution in [3.05, 3.63) is 74.4 Å². The van der Waals surface area contributed by atoms with Crippen LogP contribution in [0.15, 0.2) is 46.2 Å². The van der Waals surface area contributed by atoms with Crippen molar-refractivity contribution in [2.75, 3.05) is 26.4 Å². The van der Waals surface area contributed by atoms with Crippen LogP contribution in [-0.2, 0) is 28.0 Å². The van der Waals surface area contributed by atoms with E-state index in [1.807, 2.05) is 0 Å². The Bertz CT molecular complexity index is 1760. The molecule has 3 aromatic heterocycles. The Hall–Kier alpha value is -3.12. The lowest BCUT2D eigenvalue weighted by Crippen LogP contribution is -2.56. The lowest BCUT2D eigenvalue weighted by Gasteiger charge is -2.27. The smallest absolute Gasteiger partial charge is 0.333 e. The number of ether oxygens (including phenoxy) is 2. The molecule has 1 saturated heterocycles. The highest BCUT2D eigenvalue weighted by atomic mass is 127. The number of nitrogens with one attached hydrogen (secondary N) is 1. The van der Waals surface area contributed by atoms with Crippen molar-refractivity contribution < 1.29 is 28.9 Å². The molecule has 1 aliphatic rings. The summed E-state index contributed by atoms with van der Waals surface area (Å²) >= 11 is 1.24. The van der Waals surface area contributed by atoms with E-state index in [2.05, 4.69) is 10.4 Å². The van der Waals surface area contributed by atoms with Gasteiger partial charge in [-0.1, -0.05) is 11.3 Å². The Morgan fingerprint density at radius 1 is 1.26 bits per heavy atom. The number of aromatic nitrogens is 4. The summed E-state index contributed by atoms with van der Waals surface area (Å²) in [5.74, 6) is -0.546. The van der Waals surface area contributed by atoms with Crippen LogP contribution in [0.25, 0.3) is 15.2 Å². The predicted octanol–water partition coefficient (Wildman–Crippen LogP) is 3.51. The van der Waals surface area contributed by atoms with Crippen LogP contribution in [0.4, 0.5) is 4.39 Å². The van der Waals surface area contributed by atoms with Crippen LogP contribution in [0.2, 0.25) is 0 Å². The molecule has 0 unspecified atom stereocenters. The fourth-order valence-corrected chi connectivity index (χ4v) is 6.39. The van der Waals surface area contributed by atoms with Gasteiger partial charge in [-0.05, 0) is 83.7 Å². The highest BCUT2D eigenvalue weighted by Gasteiger charge is 2.35. The fourth-order valence-electron chi connectivity index (χ4n) is 5.13. The van der Waals surface area contributed by atoms with Crippen molar-refractivity contribution >= 4 is 51.4 Å². The van der Waals surface area contributed by atoms with E-state index in [0.29, 0.717) is 32.1 Å². The normalized spacial score (nSPS) is 13.6. The van der Waals surface area contributed by atoms with Crippen LogP contribution in [0.3, 0.4) is 0 Å². The molecule has 0 radical (unpaired) electrons. The number of carbonyl (C=O) groups excluding carboxylic acids is 1. The molecule has 0 bridgehead atoms. The maximum Gasteiger partial charge on any atom is 0.333 e. The Labute approximate surface area is 293 Å². The van der Waals surface area contributed by atoms with Gasteiger partial charge in [0.2, 0.25) is 5.91 Å². The van der Waals surface area contributed by atoms with Crippen LogP contribution >= 0.6 is 35.3 Å². The SMILES string of the molecule is Cc1c(-n2cccn2)sc2c1c(=O)n(C(C)(C)C(=O)NC(C)C)c(=O)n2CCc1cc(F)ccc1OCCO.I.OC1CCOCC1. The van der Waals surface area contributed by atoms with Crippen molar-refractivity contribution in [3.8, 4) is 10.8 Å². The van der Waals surface area contributed by atoms with Gasteiger partial charge in [-0.25, -0.2) is 18.4 Å². The molecule has 1 aromatic carbocycles. The molecule has 1 fully saturated rings. The lowest BCUT2D eigenvalue weighted by atomic mass is 10.0. The topological polar surface area (TPSA) is 150 Å². The first kappa shape index (κ1) is 38.3. The molecular formula is C32H43FIN5O7S. The first-order chi connectivity index (χ1) is 21.9. The van der Waals surface area contributed by atoms with Crippen LogP contribution in [-0.4, -0.2) is 73.6 Å². The fraction of sp³-hybridized carbons (Fsp3) is 0.500. The molecule has 0 saturated carbocycles. The number of nitrogens with zero attached hydrogens (tertiary/aromatic N) is 4. The van der Waals surface area contributed by atoms with Gasteiger partial charge in [0.15, 0.2) is 0 Å². The third-order valence-corrected chi connectivity index (χ3v) is 8.91. The first-order valence-electron chi connectivity index (χ1n) is 15.2. The van der Waals surface area contributed by atoms with Crippen LogP contribution < -0.4 is 21.3 Å². The zero-order chi connectivity index (χ0) is 33.6. The summed E-state index contributed by atoms with van der Waals surface area (Å²) in [5.41, 5.74) is -1.59. The first-order valence-corrected chi connectivity index (χ1v) is 16.1. The predicted molar refractivity (Wildman–Crippen MR) is 189 cm³/mol. The van der Waals surface area contributed by atoms with E-state index in [1.165, 1.54) is 48.0 Å². The van der Waals surface area contributed by atoms with E-state index in [1.54, 1.807) is 43.9 Å². The maximum absolute atomic E-state index is 14.1. The second-order valence-electron chi connectivity index (χ2n) is 11.8. The molecule has 3 N–H and O–H groups in total. The number of aliphatic hydroxyl groups excluding tert-OH is 2. The number of hydrogen-bond acceptors (Lipinski definition) is 9. The quantitative estimate of drug-likeness (QED) is 0.207. The minimum atomic E-state index is -1.50. The Morgan fingerprint density at radius 3 is 2.53 bits per heavy atom. The number of carbonyl (C=O) groups is 1. The van der Waals surface area contributed by atoms with Crippen molar-refractivity contribution in [3.63, 3.8) is 0 Å². The van der Waals surface area contributed by atoms with Gasteiger partial charge in [-0.2, -0.15) is 5.10 Å². The van der Waals surface area contributed by atoms with Gasteiger partial charge in [0.05, 0.1) is 18.1 Å². The van der Waals surface area contributed by atoms with Gasteiger partial charge in [-0.15, -0.1) is 24.0 Å². The van der Waals surface area contributed by atoms with Gasteiger partial charge >= 0.3 is 5.69 Å². The summed E-state index contributed by atoms with van der Waals surface area (Å²) in [5, 5.41) is 26.1. The molecule has 15 heteroatoms. The van der Waals surface area contributed by atoms with Crippen LogP contribution in [0.1, 0.15) is 51.7 Å². The number of aliphatic hydroxyl groups is 2. The molecule has 4 aromatic rings. The highest BCUT2D eigenvalue weighted by Crippen LogP contribution is 2.32. The van der Waals surface area contributed by atoms with Gasteiger partial charge < -0.3 is 25.0 Å². The van der Waals surface area contributed by atoms with Gasteiger partial charge in [-0.3, -0.25) is 14.2 Å². The third kappa shape index (κ3) is 8.87. The van der Waals surface area contributed by atoms with Crippen LogP contribution in [0.5, 0.6) is 5.75 Å². The van der Waals surface area contributed by atoms with Gasteiger partial charge in [0.25, 0.3) is 5.56 Å². The molecule has 5 rings (SSSR count).